The van der Waals surface area contributed by atoms with Gasteiger partial charge in [0.1, 0.15) is 35.1 Å². The molecule has 0 radical (unpaired) electrons. The molecule has 3 aliphatic carbocycles. The van der Waals surface area contributed by atoms with E-state index in [4.69, 9.17) is 28.4 Å². The van der Waals surface area contributed by atoms with Gasteiger partial charge in [0.25, 0.3) is 5.97 Å². The number of carbonyl (C=O) groups excluding carboxylic acids is 1. The van der Waals surface area contributed by atoms with Crippen molar-refractivity contribution in [1.82, 2.24) is 0 Å². The summed E-state index contributed by atoms with van der Waals surface area (Å²) in [5.74, 6) is -4.85. The van der Waals surface area contributed by atoms with Crippen LogP contribution in [-0.4, -0.2) is 80.2 Å². The molecule has 2 aromatic carbocycles. The standard InChI is InChI=1S/C38H48O10/c1-21(2)37-31(43-19-25-14-10-8-11-15-25)23(4)38-27-18-22(3)30(45-24(5)39)36(27,42)33(44-20-26-16-12-9-13-17-26)34(6,41)29(40)28(38)32(37)46-35(7,47-37)48-38/h8-17,22-23,27-33,40-42H,1,18-20H2,2-7H3/t22-,23+,27+,28-,29-,30-,31-,32+,33+,34+,35?,36+,37-,38-/m0/s1. The Bertz CT molecular complexity index is 1550. The number of benzene rings is 2. The quantitative estimate of drug-likeness (QED) is 0.281. The average Bonchev–Trinajstić information content (AvgIpc) is 3.40. The topological polar surface area (TPSA) is 133 Å². The van der Waals surface area contributed by atoms with Crippen LogP contribution in [0.4, 0.5) is 0 Å². The van der Waals surface area contributed by atoms with Gasteiger partial charge in [0.2, 0.25) is 0 Å². The monoisotopic (exact) mass is 664 g/mol. The van der Waals surface area contributed by atoms with E-state index in [1.165, 1.54) is 13.8 Å². The summed E-state index contributed by atoms with van der Waals surface area (Å²) < 4.78 is 39.8. The second-order valence-corrected chi connectivity index (χ2v) is 15.1. The van der Waals surface area contributed by atoms with Gasteiger partial charge >= 0.3 is 5.97 Å². The molecule has 2 aliphatic heterocycles. The van der Waals surface area contributed by atoms with Crippen LogP contribution in [0.15, 0.2) is 72.8 Å². The van der Waals surface area contributed by atoms with Gasteiger partial charge < -0.3 is 43.7 Å². The molecule has 7 rings (SSSR count). The van der Waals surface area contributed by atoms with Gasteiger partial charge in [-0.15, -0.1) is 0 Å². The molecule has 48 heavy (non-hydrogen) atoms. The number of carbonyl (C=O) groups is 1. The second-order valence-electron chi connectivity index (χ2n) is 15.1. The van der Waals surface area contributed by atoms with Crippen molar-refractivity contribution in [2.24, 2.45) is 23.7 Å². The summed E-state index contributed by atoms with van der Waals surface area (Å²) in [4.78, 5) is 12.6. The average molecular weight is 665 g/mol. The Morgan fingerprint density at radius 3 is 2.06 bits per heavy atom. The SMILES string of the molecule is C=C(C)[C@@]12OC3(C)O[C@@H]1[C@@H]1[C@H](O)[C@@](C)(O)[C@@H](OCc4ccccc4)[C@@]4(O)[C@@H](C[C@H](C)[C@@H]4OC(C)=O)[C@@]1(O3)[C@H](C)[C@@H]2OCc1ccccc1. The first-order valence-corrected chi connectivity index (χ1v) is 17.0. The van der Waals surface area contributed by atoms with E-state index in [9.17, 15) is 20.1 Å². The third kappa shape index (κ3) is 4.57. The van der Waals surface area contributed by atoms with Crippen molar-refractivity contribution in [3.05, 3.63) is 83.9 Å². The van der Waals surface area contributed by atoms with E-state index in [0.717, 1.165) is 11.1 Å². The lowest BCUT2D eigenvalue weighted by molar-refractivity contribution is -0.429. The van der Waals surface area contributed by atoms with E-state index in [1.54, 1.807) is 6.92 Å². The van der Waals surface area contributed by atoms with Crippen molar-refractivity contribution in [3.63, 3.8) is 0 Å². The van der Waals surface area contributed by atoms with Gasteiger partial charge in [-0.25, -0.2) is 0 Å². The molecule has 3 saturated carbocycles. The molecule has 1 unspecified atom stereocenters. The minimum Gasteiger partial charge on any atom is -0.459 e. The highest BCUT2D eigenvalue weighted by Crippen LogP contribution is 2.71. The first-order valence-electron chi connectivity index (χ1n) is 17.0. The van der Waals surface area contributed by atoms with Crippen LogP contribution in [0, 0.1) is 23.7 Å². The van der Waals surface area contributed by atoms with Gasteiger partial charge in [0.05, 0.1) is 31.0 Å². The van der Waals surface area contributed by atoms with Crippen LogP contribution in [0.3, 0.4) is 0 Å². The number of aliphatic hydroxyl groups excluding tert-OH is 1. The van der Waals surface area contributed by atoms with E-state index in [2.05, 4.69) is 6.58 Å². The largest absolute Gasteiger partial charge is 0.459 e. The van der Waals surface area contributed by atoms with Crippen molar-refractivity contribution in [1.29, 1.82) is 0 Å². The Morgan fingerprint density at radius 2 is 1.50 bits per heavy atom. The zero-order valence-corrected chi connectivity index (χ0v) is 28.5. The molecular weight excluding hydrogens is 616 g/mol. The zero-order chi connectivity index (χ0) is 34.4. The zero-order valence-electron chi connectivity index (χ0n) is 28.5. The number of rotatable bonds is 8. The lowest BCUT2D eigenvalue weighted by Crippen LogP contribution is -2.77. The Kier molecular flexibility index (Phi) is 8.05. The first kappa shape index (κ1) is 33.8. The van der Waals surface area contributed by atoms with Gasteiger partial charge in [-0.05, 0) is 42.9 Å². The fourth-order valence-corrected chi connectivity index (χ4v) is 10.2. The fraction of sp³-hybridized carbons (Fsp3) is 0.605. The Morgan fingerprint density at radius 1 is 0.917 bits per heavy atom. The van der Waals surface area contributed by atoms with E-state index in [0.29, 0.717) is 12.0 Å². The van der Waals surface area contributed by atoms with Gasteiger partial charge in [-0.3, -0.25) is 4.79 Å². The molecule has 2 saturated heterocycles. The molecule has 0 spiro atoms. The van der Waals surface area contributed by atoms with Crippen LogP contribution in [0.1, 0.15) is 59.1 Å². The van der Waals surface area contributed by atoms with Crippen LogP contribution < -0.4 is 0 Å². The molecule has 0 aromatic heterocycles. The number of hydrogen-bond acceptors (Lipinski definition) is 10. The number of hydrogen-bond donors (Lipinski definition) is 3. The lowest BCUT2D eigenvalue weighted by atomic mass is 9.52. The van der Waals surface area contributed by atoms with Crippen LogP contribution in [0.5, 0.6) is 0 Å². The van der Waals surface area contributed by atoms with Crippen molar-refractivity contribution < 1.29 is 48.5 Å². The number of ether oxygens (including phenoxy) is 6. The summed E-state index contributed by atoms with van der Waals surface area (Å²) in [5.41, 5.74) is -4.39. The molecule has 10 heteroatoms. The first-order chi connectivity index (χ1) is 22.6. The highest BCUT2D eigenvalue weighted by molar-refractivity contribution is 5.66. The molecule has 0 amide bonds. The molecule has 14 atom stereocenters. The number of esters is 1. The van der Waals surface area contributed by atoms with E-state index in [1.807, 2.05) is 81.4 Å². The van der Waals surface area contributed by atoms with Crippen molar-refractivity contribution in [2.75, 3.05) is 0 Å². The van der Waals surface area contributed by atoms with Crippen LogP contribution in [-0.2, 0) is 46.4 Å². The summed E-state index contributed by atoms with van der Waals surface area (Å²) in [5, 5.41) is 38.6. The van der Waals surface area contributed by atoms with Crippen molar-refractivity contribution in [3.8, 4) is 0 Å². The number of fused-ring (bicyclic) bond motifs is 2. The summed E-state index contributed by atoms with van der Waals surface area (Å²) in [6, 6.07) is 19.2. The highest BCUT2D eigenvalue weighted by Gasteiger charge is 2.86. The van der Waals surface area contributed by atoms with E-state index < -0.39 is 82.6 Å². The minimum absolute atomic E-state index is 0.0257. The maximum atomic E-state index is 13.4. The molecule has 5 fully saturated rings. The van der Waals surface area contributed by atoms with E-state index >= 15 is 0 Å². The molecule has 3 bridgehead atoms. The third-order valence-electron chi connectivity index (χ3n) is 12.0. The Labute approximate surface area is 281 Å². The van der Waals surface area contributed by atoms with Gasteiger partial charge in [-0.2, -0.15) is 0 Å². The second kappa shape index (κ2) is 11.4. The summed E-state index contributed by atoms with van der Waals surface area (Å²) >= 11 is 0. The maximum Gasteiger partial charge on any atom is 0.303 e. The highest BCUT2D eigenvalue weighted by atomic mass is 16.9. The Hall–Kier alpha value is -2.67. The molecular formula is C38H48O10. The normalized spacial score (nSPS) is 47.2. The lowest BCUT2D eigenvalue weighted by Gasteiger charge is -2.62. The molecule has 5 aliphatic rings. The van der Waals surface area contributed by atoms with Crippen molar-refractivity contribution >= 4 is 5.97 Å². The maximum absolute atomic E-state index is 13.4. The molecule has 3 N–H and O–H groups in total. The molecule has 10 nitrogen and oxygen atoms in total. The summed E-state index contributed by atoms with van der Waals surface area (Å²) in [6.07, 6.45) is -5.30. The molecule has 260 valence electrons. The van der Waals surface area contributed by atoms with Gasteiger partial charge in [-0.1, -0.05) is 81.1 Å². The van der Waals surface area contributed by atoms with Crippen LogP contribution in [0.2, 0.25) is 0 Å². The smallest absolute Gasteiger partial charge is 0.303 e. The minimum atomic E-state index is -2.09. The summed E-state index contributed by atoms with van der Waals surface area (Å²) in [7, 11) is 0. The van der Waals surface area contributed by atoms with Gasteiger partial charge in [0.15, 0.2) is 0 Å². The molecule has 2 aromatic rings. The third-order valence-corrected chi connectivity index (χ3v) is 12.0. The summed E-state index contributed by atoms with van der Waals surface area (Å²) in [6.45, 7) is 14.8. The van der Waals surface area contributed by atoms with Crippen LogP contribution in [0.25, 0.3) is 0 Å². The van der Waals surface area contributed by atoms with Crippen molar-refractivity contribution in [2.45, 2.75) is 120 Å². The van der Waals surface area contributed by atoms with E-state index in [-0.39, 0.29) is 19.1 Å². The fourth-order valence-electron chi connectivity index (χ4n) is 10.2. The van der Waals surface area contributed by atoms with Crippen LogP contribution >= 0.6 is 0 Å². The predicted octanol–water partition coefficient (Wildman–Crippen LogP) is 4.04. The number of aliphatic hydroxyl groups is 3. The Balaban J connectivity index is 1.43. The predicted molar refractivity (Wildman–Crippen MR) is 173 cm³/mol. The molecule has 2 heterocycles. The van der Waals surface area contributed by atoms with Gasteiger partial charge in [0, 0.05) is 31.6 Å².